The van der Waals surface area contributed by atoms with Crippen molar-refractivity contribution in [2.24, 2.45) is 22.7 Å². The summed E-state index contributed by atoms with van der Waals surface area (Å²) in [6, 6.07) is 12.6. The van der Waals surface area contributed by atoms with Crippen molar-refractivity contribution in [1.29, 1.82) is 0 Å². The van der Waals surface area contributed by atoms with E-state index in [4.69, 9.17) is 0 Å². The number of hydrogen-bond donors (Lipinski definition) is 4. The fourth-order valence-electron chi connectivity index (χ4n) is 7.62. The number of ketones is 3. The number of benzene rings is 2. The van der Waals surface area contributed by atoms with E-state index in [9.17, 15) is 34.8 Å². The molecule has 5 rings (SSSR count). The van der Waals surface area contributed by atoms with Crippen LogP contribution in [-0.4, -0.2) is 43.4 Å². The van der Waals surface area contributed by atoms with E-state index in [1.165, 1.54) is 6.07 Å². The number of Topliss-reactive ketones (excluding diaryl/α,β-unsaturated/α-hetero) is 3. The van der Waals surface area contributed by atoms with Crippen LogP contribution in [0.4, 0.5) is 0 Å². The predicted octanol–water partition coefficient (Wildman–Crippen LogP) is 5.01. The Labute approximate surface area is 221 Å². The predicted molar refractivity (Wildman–Crippen MR) is 141 cm³/mol. The Balaban J connectivity index is 1.82. The summed E-state index contributed by atoms with van der Waals surface area (Å²) in [7, 11) is 0. The zero-order valence-corrected chi connectivity index (χ0v) is 22.1. The Morgan fingerprint density at radius 2 is 1.63 bits per heavy atom. The Morgan fingerprint density at radius 1 is 1.00 bits per heavy atom. The van der Waals surface area contributed by atoms with E-state index >= 15 is 0 Å². The van der Waals surface area contributed by atoms with Crippen molar-refractivity contribution in [2.75, 3.05) is 0 Å². The third kappa shape index (κ3) is 3.08. The van der Waals surface area contributed by atoms with Crippen LogP contribution in [0.1, 0.15) is 57.0 Å². The van der Waals surface area contributed by atoms with Gasteiger partial charge in [-0.05, 0) is 48.4 Å². The van der Waals surface area contributed by atoms with E-state index < -0.39 is 56.8 Å². The van der Waals surface area contributed by atoms with Crippen molar-refractivity contribution in [3.63, 3.8) is 0 Å². The van der Waals surface area contributed by atoms with Gasteiger partial charge in [-0.15, -0.1) is 0 Å². The smallest absolute Gasteiger partial charge is 0.209 e. The minimum atomic E-state index is -2.61. The van der Waals surface area contributed by atoms with Crippen LogP contribution in [-0.2, 0) is 16.0 Å². The van der Waals surface area contributed by atoms with E-state index in [0.717, 1.165) is 18.1 Å². The molecule has 4 atom stereocenters. The molecule has 1 unspecified atom stereocenters. The first-order chi connectivity index (χ1) is 17.7. The number of allylic oxidation sites excluding steroid dienone is 2. The van der Waals surface area contributed by atoms with E-state index in [2.05, 4.69) is 0 Å². The molecule has 0 aliphatic heterocycles. The molecule has 0 bridgehead atoms. The lowest BCUT2D eigenvalue weighted by molar-refractivity contribution is -0.171. The Morgan fingerprint density at radius 3 is 2.21 bits per heavy atom. The quantitative estimate of drug-likeness (QED) is 0.422. The summed E-state index contributed by atoms with van der Waals surface area (Å²) < 4.78 is 0. The van der Waals surface area contributed by atoms with Crippen LogP contribution in [0.2, 0.25) is 0 Å². The standard InChI is InChI=1S/C31H32O7/c1-15(2)23-25(34)21(16(3)32)27(36)31(38)28(37)24-26(35)22-19(13-29(24,4)14-30(23,31)5)18(11-12-20(22)33)17-9-7-6-8-10-17/h6-12,15,23,33-34,37-38H,13-14H2,1-5H3/t23?,29-,30-,31+/m1/s1. The molecule has 0 fully saturated rings. The first-order valence-electron chi connectivity index (χ1n) is 12.8. The molecular weight excluding hydrogens is 484 g/mol. The van der Waals surface area contributed by atoms with Gasteiger partial charge in [0.2, 0.25) is 5.78 Å². The molecule has 2 aromatic rings. The maximum atomic E-state index is 14.1. The van der Waals surface area contributed by atoms with Crippen molar-refractivity contribution >= 4 is 17.3 Å². The average molecular weight is 517 g/mol. The maximum Gasteiger partial charge on any atom is 0.209 e. The molecule has 7 heteroatoms. The Hall–Kier alpha value is -3.71. The number of phenols is 1. The summed E-state index contributed by atoms with van der Waals surface area (Å²) in [5.41, 5.74) is -3.55. The minimum absolute atomic E-state index is 0.0198. The molecule has 0 spiro atoms. The molecule has 198 valence electrons. The summed E-state index contributed by atoms with van der Waals surface area (Å²) >= 11 is 0. The highest BCUT2D eigenvalue weighted by atomic mass is 16.3. The number of aromatic hydroxyl groups is 1. The average Bonchev–Trinajstić information content (AvgIpc) is 2.81. The Bertz CT molecular complexity index is 1480. The van der Waals surface area contributed by atoms with Crippen molar-refractivity contribution in [3.05, 3.63) is 76.3 Å². The molecule has 0 saturated heterocycles. The first-order valence-corrected chi connectivity index (χ1v) is 12.8. The number of hydrogen-bond acceptors (Lipinski definition) is 7. The number of rotatable bonds is 3. The van der Waals surface area contributed by atoms with Gasteiger partial charge < -0.3 is 20.4 Å². The molecule has 38 heavy (non-hydrogen) atoms. The van der Waals surface area contributed by atoms with Crippen molar-refractivity contribution < 1.29 is 34.8 Å². The van der Waals surface area contributed by atoms with E-state index in [0.29, 0.717) is 5.56 Å². The summed E-state index contributed by atoms with van der Waals surface area (Å²) in [6.07, 6.45) is 0.301. The molecule has 4 N–H and O–H groups in total. The third-order valence-corrected chi connectivity index (χ3v) is 8.98. The number of fused-ring (bicyclic) bond motifs is 3. The highest BCUT2D eigenvalue weighted by molar-refractivity contribution is 6.25. The molecule has 0 heterocycles. The van der Waals surface area contributed by atoms with Crippen LogP contribution in [0.3, 0.4) is 0 Å². The zero-order chi connectivity index (χ0) is 27.9. The van der Waals surface area contributed by atoms with Gasteiger partial charge in [0.05, 0.1) is 5.56 Å². The lowest BCUT2D eigenvalue weighted by atomic mass is 9.44. The molecule has 0 saturated carbocycles. The largest absolute Gasteiger partial charge is 0.511 e. The summed E-state index contributed by atoms with van der Waals surface area (Å²) in [5, 5.41) is 45.8. The summed E-state index contributed by atoms with van der Waals surface area (Å²) in [4.78, 5) is 40.2. The highest BCUT2D eigenvalue weighted by Gasteiger charge is 2.71. The van der Waals surface area contributed by atoms with Gasteiger partial charge in [0, 0.05) is 22.3 Å². The Kier molecular flexibility index (Phi) is 5.55. The number of carbonyl (C=O) groups excluding carboxylic acids is 3. The molecule has 0 radical (unpaired) electrons. The van der Waals surface area contributed by atoms with Crippen LogP contribution in [0.5, 0.6) is 5.75 Å². The van der Waals surface area contributed by atoms with Gasteiger partial charge in [-0.3, -0.25) is 14.4 Å². The normalized spacial score (nSPS) is 30.8. The van der Waals surface area contributed by atoms with Crippen molar-refractivity contribution in [2.45, 2.75) is 53.1 Å². The van der Waals surface area contributed by atoms with E-state index in [1.54, 1.807) is 19.9 Å². The number of phenolic OH excluding ortho intramolecular Hbond substituents is 1. The topological polar surface area (TPSA) is 132 Å². The SMILES string of the molecule is CC(=O)C1=C(O)C(C(C)C)[C@@]2(C)C[C@@]3(C)Cc4c(-c5ccccc5)ccc(O)c4C(=O)C3=C(O)[C@@]2(O)C1=O. The van der Waals surface area contributed by atoms with Gasteiger partial charge in [0.15, 0.2) is 17.2 Å². The molecule has 2 aromatic carbocycles. The van der Waals surface area contributed by atoms with E-state index in [1.807, 2.05) is 44.2 Å². The maximum absolute atomic E-state index is 14.1. The van der Waals surface area contributed by atoms with Gasteiger partial charge in [0.1, 0.15) is 22.8 Å². The molecule has 0 aromatic heterocycles. The van der Waals surface area contributed by atoms with Gasteiger partial charge in [0.25, 0.3) is 0 Å². The second-order valence-corrected chi connectivity index (χ2v) is 11.8. The molecular formula is C31H32O7. The van der Waals surface area contributed by atoms with Crippen LogP contribution in [0.15, 0.2) is 65.1 Å². The van der Waals surface area contributed by atoms with Crippen molar-refractivity contribution in [3.8, 4) is 16.9 Å². The lowest BCUT2D eigenvalue weighted by Gasteiger charge is -2.59. The van der Waals surface area contributed by atoms with Gasteiger partial charge in [-0.25, -0.2) is 0 Å². The monoisotopic (exact) mass is 516 g/mol. The molecule has 7 nitrogen and oxygen atoms in total. The highest BCUT2D eigenvalue weighted by Crippen LogP contribution is 2.65. The van der Waals surface area contributed by atoms with Crippen LogP contribution in [0.25, 0.3) is 11.1 Å². The molecule has 0 amide bonds. The first kappa shape index (κ1) is 25.9. The fraction of sp³-hybridized carbons (Fsp3) is 0.387. The van der Waals surface area contributed by atoms with Gasteiger partial charge in [-0.2, -0.15) is 0 Å². The van der Waals surface area contributed by atoms with Crippen LogP contribution < -0.4 is 0 Å². The molecule has 3 aliphatic carbocycles. The zero-order valence-electron chi connectivity index (χ0n) is 22.1. The van der Waals surface area contributed by atoms with Gasteiger partial charge >= 0.3 is 0 Å². The van der Waals surface area contributed by atoms with Crippen LogP contribution in [0, 0.1) is 22.7 Å². The summed E-state index contributed by atoms with van der Waals surface area (Å²) in [6.45, 7) is 8.17. The van der Waals surface area contributed by atoms with Crippen molar-refractivity contribution in [1.82, 2.24) is 0 Å². The minimum Gasteiger partial charge on any atom is -0.511 e. The number of carbonyl (C=O) groups is 3. The second kappa shape index (κ2) is 8.14. The number of aliphatic hydroxyl groups excluding tert-OH is 2. The van der Waals surface area contributed by atoms with Gasteiger partial charge in [-0.1, -0.05) is 64.1 Å². The summed E-state index contributed by atoms with van der Waals surface area (Å²) in [5.74, 6) is -5.15. The second-order valence-electron chi connectivity index (χ2n) is 11.8. The fourth-order valence-corrected chi connectivity index (χ4v) is 7.62. The third-order valence-electron chi connectivity index (χ3n) is 8.98. The lowest BCUT2D eigenvalue weighted by Crippen LogP contribution is -2.67. The number of aliphatic hydroxyl groups is 3. The van der Waals surface area contributed by atoms with E-state index in [-0.39, 0.29) is 35.6 Å². The van der Waals surface area contributed by atoms with Crippen LogP contribution >= 0.6 is 0 Å². The molecule has 3 aliphatic rings.